The molecule has 0 radical (unpaired) electrons. The topological polar surface area (TPSA) is 115 Å². The summed E-state index contributed by atoms with van der Waals surface area (Å²) in [5.41, 5.74) is 9.97. The largest absolute Gasteiger partial charge is 0.382 e. The number of nitrogens with one attached hydrogen (secondary N) is 3. The molecule has 2 saturated carbocycles. The van der Waals surface area contributed by atoms with Gasteiger partial charge < -0.3 is 31.0 Å². The Balaban J connectivity index is 1.25. The van der Waals surface area contributed by atoms with Crippen LogP contribution >= 0.6 is 0 Å². The van der Waals surface area contributed by atoms with Crippen molar-refractivity contribution in [2.24, 2.45) is 5.73 Å². The van der Waals surface area contributed by atoms with Gasteiger partial charge in [-0.3, -0.25) is 0 Å². The highest BCUT2D eigenvalue weighted by molar-refractivity contribution is 5.86. The van der Waals surface area contributed by atoms with E-state index < -0.39 is 0 Å². The number of benzene rings is 1. The van der Waals surface area contributed by atoms with Gasteiger partial charge in [-0.1, -0.05) is 12.8 Å². The summed E-state index contributed by atoms with van der Waals surface area (Å²) in [5, 5.41) is 10.8. The van der Waals surface area contributed by atoms with Gasteiger partial charge in [-0.25, -0.2) is 4.98 Å². The summed E-state index contributed by atoms with van der Waals surface area (Å²) in [6, 6.07) is 10.0. The molecule has 1 aliphatic heterocycles. The van der Waals surface area contributed by atoms with E-state index in [-0.39, 0.29) is 0 Å². The lowest BCUT2D eigenvalue weighted by molar-refractivity contribution is 0.0904. The molecule has 0 unspecified atom stereocenters. The Morgan fingerprint density at radius 2 is 1.50 bits per heavy atom. The molecule has 9 heteroatoms. The third-order valence-corrected chi connectivity index (χ3v) is 7.98. The third kappa shape index (κ3) is 5.27. The van der Waals surface area contributed by atoms with Crippen LogP contribution in [0, 0.1) is 0 Å². The Kier molecular flexibility index (Phi) is 6.92. The molecule has 5 N–H and O–H groups in total. The minimum absolute atomic E-state index is 0.316. The van der Waals surface area contributed by atoms with E-state index in [9.17, 15) is 0 Å². The molecule has 3 aromatic rings. The molecule has 0 bridgehead atoms. The van der Waals surface area contributed by atoms with Crippen LogP contribution in [0.15, 0.2) is 30.6 Å². The molecule has 2 aromatic heterocycles. The average molecular weight is 491 g/mol. The van der Waals surface area contributed by atoms with E-state index in [1.54, 1.807) is 0 Å². The van der Waals surface area contributed by atoms with Crippen molar-refractivity contribution in [1.82, 2.24) is 19.5 Å². The first-order valence-corrected chi connectivity index (χ1v) is 13.7. The van der Waals surface area contributed by atoms with Gasteiger partial charge in [0.2, 0.25) is 5.95 Å². The molecule has 3 heterocycles. The number of imidazole rings is 1. The number of rotatable bonds is 7. The lowest BCUT2D eigenvalue weighted by Gasteiger charge is -2.27. The quantitative estimate of drug-likeness (QED) is 0.367. The van der Waals surface area contributed by atoms with Crippen LogP contribution in [-0.2, 0) is 4.74 Å². The lowest BCUT2D eigenvalue weighted by Crippen LogP contribution is -2.33. The fourth-order valence-electron chi connectivity index (χ4n) is 5.83. The van der Waals surface area contributed by atoms with Gasteiger partial charge in [0.1, 0.15) is 0 Å². The molecular weight excluding hydrogens is 452 g/mol. The predicted molar refractivity (Wildman–Crippen MR) is 144 cm³/mol. The molecular formula is C27H38N8O. The summed E-state index contributed by atoms with van der Waals surface area (Å²) < 4.78 is 7.74. The average Bonchev–Trinajstić information content (AvgIpc) is 3.58. The molecule has 0 spiro atoms. The van der Waals surface area contributed by atoms with Crippen LogP contribution < -0.4 is 21.7 Å². The van der Waals surface area contributed by atoms with Crippen LogP contribution in [0.1, 0.15) is 70.3 Å². The monoisotopic (exact) mass is 490 g/mol. The second kappa shape index (κ2) is 10.6. The minimum Gasteiger partial charge on any atom is -0.382 e. The number of ether oxygens (including phenoxy) is 1. The van der Waals surface area contributed by atoms with Crippen molar-refractivity contribution in [3.05, 3.63) is 30.6 Å². The first kappa shape index (κ1) is 23.5. The highest BCUT2D eigenvalue weighted by Crippen LogP contribution is 2.34. The molecule has 0 atom stereocenters. The second-order valence-electron chi connectivity index (χ2n) is 10.6. The Hall–Kier alpha value is -2.91. The van der Waals surface area contributed by atoms with Crippen molar-refractivity contribution >= 4 is 34.3 Å². The summed E-state index contributed by atoms with van der Waals surface area (Å²) in [6.45, 7) is 1.66. The highest BCUT2D eigenvalue weighted by Gasteiger charge is 2.24. The van der Waals surface area contributed by atoms with Gasteiger partial charge in [-0.05, 0) is 75.6 Å². The van der Waals surface area contributed by atoms with E-state index >= 15 is 0 Å². The first-order chi connectivity index (χ1) is 17.7. The Morgan fingerprint density at radius 1 is 0.806 bits per heavy atom. The summed E-state index contributed by atoms with van der Waals surface area (Å²) in [7, 11) is 0. The fourth-order valence-corrected chi connectivity index (χ4v) is 5.83. The molecule has 9 nitrogen and oxygen atoms in total. The van der Waals surface area contributed by atoms with Crippen molar-refractivity contribution in [2.75, 3.05) is 29.2 Å². The van der Waals surface area contributed by atoms with Gasteiger partial charge in [0.25, 0.3) is 0 Å². The zero-order valence-electron chi connectivity index (χ0n) is 21.0. The lowest BCUT2D eigenvalue weighted by atomic mass is 9.92. The molecule has 192 valence electrons. The summed E-state index contributed by atoms with van der Waals surface area (Å²) in [6.07, 6.45) is 13.1. The van der Waals surface area contributed by atoms with Gasteiger partial charge in [-0.2, -0.15) is 9.97 Å². The zero-order chi connectivity index (χ0) is 24.3. The van der Waals surface area contributed by atoms with Crippen molar-refractivity contribution in [1.29, 1.82) is 0 Å². The number of anilines is 4. The van der Waals surface area contributed by atoms with Gasteiger partial charge >= 0.3 is 0 Å². The van der Waals surface area contributed by atoms with Gasteiger partial charge in [-0.15, -0.1) is 0 Å². The Morgan fingerprint density at radius 3 is 2.25 bits per heavy atom. The van der Waals surface area contributed by atoms with Gasteiger partial charge in [0.05, 0.1) is 6.33 Å². The number of fused-ring (bicyclic) bond motifs is 1. The smallest absolute Gasteiger partial charge is 0.227 e. The SMILES string of the molecule is NC1CCC(Nc2nc(Nc3ccc(NC4CCOCC4)cc3)c3ncn(C4CCCC4)c3n2)CC1. The van der Waals surface area contributed by atoms with E-state index in [0.717, 1.165) is 80.1 Å². The standard InChI is InChI=1S/C27H38N8O/c28-18-5-7-21(8-6-18)32-27-33-25(24-26(34-27)35(17-29-24)23-3-1-2-4-23)31-20-11-9-19(10-12-20)30-22-13-15-36-16-14-22/h9-12,17-18,21-23,30H,1-8,13-16,28H2,(H2,31,32,33,34). The van der Waals surface area contributed by atoms with Crippen molar-refractivity contribution in [3.63, 3.8) is 0 Å². The molecule has 0 amide bonds. The van der Waals surface area contributed by atoms with E-state index in [0.29, 0.717) is 30.1 Å². The fraction of sp³-hybridized carbons (Fsp3) is 0.593. The molecule has 36 heavy (non-hydrogen) atoms. The zero-order valence-corrected chi connectivity index (χ0v) is 21.0. The summed E-state index contributed by atoms with van der Waals surface area (Å²) >= 11 is 0. The van der Waals surface area contributed by atoms with Gasteiger partial charge in [0, 0.05) is 48.8 Å². The van der Waals surface area contributed by atoms with E-state index in [2.05, 4.69) is 44.8 Å². The number of nitrogens with zero attached hydrogens (tertiary/aromatic N) is 4. The van der Waals surface area contributed by atoms with Crippen LogP contribution in [0.5, 0.6) is 0 Å². The van der Waals surface area contributed by atoms with Crippen LogP contribution in [0.4, 0.5) is 23.1 Å². The minimum atomic E-state index is 0.316. The summed E-state index contributed by atoms with van der Waals surface area (Å²) in [4.78, 5) is 14.6. The van der Waals surface area contributed by atoms with E-state index in [1.165, 1.54) is 25.7 Å². The molecule has 6 rings (SSSR count). The third-order valence-electron chi connectivity index (χ3n) is 7.98. The molecule has 3 aliphatic rings. The highest BCUT2D eigenvalue weighted by atomic mass is 16.5. The molecule has 3 fully saturated rings. The van der Waals surface area contributed by atoms with Crippen LogP contribution in [0.2, 0.25) is 0 Å². The normalized spacial score (nSPS) is 23.7. The molecule has 2 aliphatic carbocycles. The van der Waals surface area contributed by atoms with Gasteiger partial charge in [0.15, 0.2) is 17.0 Å². The maximum atomic E-state index is 6.12. The van der Waals surface area contributed by atoms with E-state index in [1.807, 2.05) is 6.33 Å². The number of hydrogen-bond donors (Lipinski definition) is 4. The van der Waals surface area contributed by atoms with Crippen LogP contribution in [0.25, 0.3) is 11.2 Å². The van der Waals surface area contributed by atoms with Crippen LogP contribution in [-0.4, -0.2) is 50.9 Å². The molecule has 1 saturated heterocycles. The van der Waals surface area contributed by atoms with E-state index in [4.69, 9.17) is 25.4 Å². The first-order valence-electron chi connectivity index (χ1n) is 13.7. The maximum Gasteiger partial charge on any atom is 0.227 e. The number of nitrogens with two attached hydrogens (primary N) is 1. The van der Waals surface area contributed by atoms with Crippen molar-refractivity contribution < 1.29 is 4.74 Å². The predicted octanol–water partition coefficient (Wildman–Crippen LogP) is 4.96. The maximum absolute atomic E-state index is 6.12. The second-order valence-corrected chi connectivity index (χ2v) is 10.6. The van der Waals surface area contributed by atoms with Crippen molar-refractivity contribution in [3.8, 4) is 0 Å². The van der Waals surface area contributed by atoms with Crippen LogP contribution in [0.3, 0.4) is 0 Å². The number of hydrogen-bond acceptors (Lipinski definition) is 8. The number of aromatic nitrogens is 4. The van der Waals surface area contributed by atoms with Crippen molar-refractivity contribution in [2.45, 2.75) is 88.4 Å². The Labute approximate surface area is 212 Å². The molecule has 1 aromatic carbocycles. The Bertz CT molecular complexity index is 1140. The summed E-state index contributed by atoms with van der Waals surface area (Å²) in [5.74, 6) is 1.42.